The average Bonchev–Trinajstić information content (AvgIpc) is 2.46. The molecule has 0 aliphatic carbocycles. The first-order valence-corrected chi connectivity index (χ1v) is 6.35. The highest BCUT2D eigenvalue weighted by Crippen LogP contribution is 2.17. The molecule has 1 aromatic carbocycles. The molecule has 2 rings (SSSR count). The zero-order valence-electron chi connectivity index (χ0n) is 11.4. The number of carbonyl (C=O) groups is 3. The molecule has 6 heteroatoms. The number of piperazine rings is 1. The lowest BCUT2D eigenvalue weighted by molar-refractivity contribution is -0.138. The Morgan fingerprint density at radius 3 is 2.55 bits per heavy atom. The zero-order valence-corrected chi connectivity index (χ0v) is 11.4. The molecule has 0 bridgehead atoms. The quantitative estimate of drug-likeness (QED) is 0.819. The van der Waals surface area contributed by atoms with Gasteiger partial charge in [0.15, 0.2) is 0 Å². The van der Waals surface area contributed by atoms with Crippen molar-refractivity contribution in [3.05, 3.63) is 29.8 Å². The van der Waals surface area contributed by atoms with Gasteiger partial charge in [0.25, 0.3) is 5.91 Å². The Hall–Kier alpha value is -2.37. The van der Waals surface area contributed by atoms with Crippen LogP contribution in [0, 0.1) is 0 Å². The Morgan fingerprint density at radius 1 is 1.35 bits per heavy atom. The first-order valence-electron chi connectivity index (χ1n) is 6.35. The van der Waals surface area contributed by atoms with Crippen LogP contribution in [0.15, 0.2) is 24.3 Å². The van der Waals surface area contributed by atoms with Crippen molar-refractivity contribution in [2.75, 3.05) is 13.7 Å². The lowest BCUT2D eigenvalue weighted by Gasteiger charge is -2.33. The minimum absolute atomic E-state index is 0.102. The third kappa shape index (κ3) is 2.64. The predicted octanol–water partition coefficient (Wildman–Crippen LogP) is 0.572. The molecule has 0 aromatic heterocycles. The van der Waals surface area contributed by atoms with E-state index in [0.29, 0.717) is 17.7 Å². The largest absolute Gasteiger partial charge is 0.497 e. The number of ether oxygens (including phenoxy) is 1. The van der Waals surface area contributed by atoms with Crippen LogP contribution in [0.5, 0.6) is 5.75 Å². The molecule has 1 saturated heterocycles. The highest BCUT2D eigenvalue weighted by atomic mass is 16.5. The van der Waals surface area contributed by atoms with E-state index in [2.05, 4.69) is 5.32 Å². The summed E-state index contributed by atoms with van der Waals surface area (Å²) >= 11 is 0. The second-order valence-electron chi connectivity index (χ2n) is 4.50. The van der Waals surface area contributed by atoms with Crippen LogP contribution in [0.4, 0.5) is 0 Å². The average molecular weight is 276 g/mol. The highest BCUT2D eigenvalue weighted by molar-refractivity contribution is 6.07. The molecule has 1 atom stereocenters. The standard InChI is InChI=1S/C14H16N2O4/c1-3-11-13(18)15-12(17)8-16(11)14(19)9-4-6-10(20-2)7-5-9/h4-7,11H,3,8H2,1-2H3,(H,15,17,18). The second kappa shape index (κ2) is 5.73. The van der Waals surface area contributed by atoms with Gasteiger partial charge < -0.3 is 9.64 Å². The van der Waals surface area contributed by atoms with Gasteiger partial charge in [-0.1, -0.05) is 6.92 Å². The van der Waals surface area contributed by atoms with Crippen LogP contribution in [0.1, 0.15) is 23.7 Å². The summed E-state index contributed by atoms with van der Waals surface area (Å²) < 4.78 is 5.03. The molecular formula is C14H16N2O4. The summed E-state index contributed by atoms with van der Waals surface area (Å²) in [4.78, 5) is 36.9. The minimum Gasteiger partial charge on any atom is -0.497 e. The number of carbonyl (C=O) groups excluding carboxylic acids is 3. The second-order valence-corrected chi connectivity index (χ2v) is 4.50. The first kappa shape index (κ1) is 14.0. The summed E-state index contributed by atoms with van der Waals surface area (Å²) in [5.74, 6) is -0.573. The Kier molecular flexibility index (Phi) is 4.02. The summed E-state index contributed by atoms with van der Waals surface area (Å²) in [6.45, 7) is 1.70. The number of hydrogen-bond acceptors (Lipinski definition) is 4. The molecule has 0 radical (unpaired) electrons. The van der Waals surface area contributed by atoms with E-state index in [0.717, 1.165) is 0 Å². The first-order chi connectivity index (χ1) is 9.56. The fourth-order valence-corrected chi connectivity index (χ4v) is 2.19. The maximum atomic E-state index is 12.4. The predicted molar refractivity (Wildman–Crippen MR) is 71.3 cm³/mol. The van der Waals surface area contributed by atoms with Crippen LogP contribution in [0.3, 0.4) is 0 Å². The van der Waals surface area contributed by atoms with Gasteiger partial charge in [-0.25, -0.2) is 0 Å². The number of amides is 3. The van der Waals surface area contributed by atoms with E-state index in [1.54, 1.807) is 31.2 Å². The highest BCUT2D eigenvalue weighted by Gasteiger charge is 2.35. The van der Waals surface area contributed by atoms with E-state index < -0.39 is 17.9 Å². The molecule has 1 aromatic rings. The van der Waals surface area contributed by atoms with Crippen molar-refractivity contribution in [2.45, 2.75) is 19.4 Å². The maximum absolute atomic E-state index is 12.4. The number of benzene rings is 1. The van der Waals surface area contributed by atoms with Gasteiger partial charge in [-0.15, -0.1) is 0 Å². The molecule has 106 valence electrons. The van der Waals surface area contributed by atoms with Crippen LogP contribution in [-0.2, 0) is 9.59 Å². The molecule has 6 nitrogen and oxygen atoms in total. The van der Waals surface area contributed by atoms with Crippen molar-refractivity contribution in [2.24, 2.45) is 0 Å². The number of nitrogens with one attached hydrogen (secondary N) is 1. The van der Waals surface area contributed by atoms with Gasteiger partial charge in [-0.2, -0.15) is 0 Å². The smallest absolute Gasteiger partial charge is 0.255 e. The topological polar surface area (TPSA) is 75.7 Å². The summed E-state index contributed by atoms with van der Waals surface area (Å²) in [6.07, 6.45) is 0.459. The molecule has 20 heavy (non-hydrogen) atoms. The van der Waals surface area contributed by atoms with Crippen molar-refractivity contribution in [3.63, 3.8) is 0 Å². The van der Waals surface area contributed by atoms with Crippen LogP contribution in [0.2, 0.25) is 0 Å². The van der Waals surface area contributed by atoms with E-state index in [1.165, 1.54) is 12.0 Å². The maximum Gasteiger partial charge on any atom is 0.255 e. The summed E-state index contributed by atoms with van der Waals surface area (Å²) in [7, 11) is 1.54. The van der Waals surface area contributed by atoms with Gasteiger partial charge in [-0.05, 0) is 30.7 Å². The number of imide groups is 1. The Morgan fingerprint density at radius 2 is 2.00 bits per heavy atom. The van der Waals surface area contributed by atoms with Gasteiger partial charge in [0.05, 0.1) is 7.11 Å². The van der Waals surface area contributed by atoms with Gasteiger partial charge in [0.2, 0.25) is 11.8 Å². The van der Waals surface area contributed by atoms with E-state index >= 15 is 0 Å². The Labute approximate surface area is 116 Å². The van der Waals surface area contributed by atoms with E-state index in [-0.39, 0.29) is 12.5 Å². The van der Waals surface area contributed by atoms with Crippen LogP contribution in [-0.4, -0.2) is 42.3 Å². The van der Waals surface area contributed by atoms with E-state index in [1.807, 2.05) is 0 Å². The SMILES string of the molecule is CCC1C(=O)NC(=O)CN1C(=O)c1ccc(OC)cc1. The molecule has 1 aliphatic heterocycles. The molecule has 1 aliphatic rings. The van der Waals surface area contributed by atoms with Crippen molar-refractivity contribution in [1.29, 1.82) is 0 Å². The van der Waals surface area contributed by atoms with E-state index in [9.17, 15) is 14.4 Å². The number of nitrogens with zero attached hydrogens (tertiary/aromatic N) is 1. The Balaban J connectivity index is 2.24. The van der Waals surface area contributed by atoms with E-state index in [4.69, 9.17) is 4.74 Å². The third-order valence-corrected chi connectivity index (χ3v) is 3.24. The van der Waals surface area contributed by atoms with Crippen LogP contribution >= 0.6 is 0 Å². The monoisotopic (exact) mass is 276 g/mol. The number of methoxy groups -OCH3 is 1. The summed E-state index contributed by atoms with van der Waals surface area (Å²) in [6, 6.07) is 5.96. The molecule has 3 amide bonds. The van der Waals surface area contributed by atoms with Gasteiger partial charge in [-0.3, -0.25) is 19.7 Å². The van der Waals surface area contributed by atoms with Gasteiger partial charge >= 0.3 is 0 Å². The van der Waals surface area contributed by atoms with Crippen LogP contribution in [0.25, 0.3) is 0 Å². The molecule has 0 spiro atoms. The molecule has 1 N–H and O–H groups in total. The van der Waals surface area contributed by atoms with Crippen molar-refractivity contribution >= 4 is 17.7 Å². The normalized spacial score (nSPS) is 18.7. The van der Waals surface area contributed by atoms with Crippen molar-refractivity contribution in [3.8, 4) is 5.75 Å². The lowest BCUT2D eigenvalue weighted by atomic mass is 10.1. The zero-order chi connectivity index (χ0) is 14.7. The molecule has 1 unspecified atom stereocenters. The van der Waals surface area contributed by atoms with Gasteiger partial charge in [0.1, 0.15) is 18.3 Å². The summed E-state index contributed by atoms with van der Waals surface area (Å²) in [5.41, 5.74) is 0.423. The van der Waals surface area contributed by atoms with Gasteiger partial charge in [0, 0.05) is 5.56 Å². The van der Waals surface area contributed by atoms with Crippen LogP contribution < -0.4 is 10.1 Å². The lowest BCUT2D eigenvalue weighted by Crippen LogP contribution is -2.59. The number of hydrogen-bond donors (Lipinski definition) is 1. The molecule has 0 saturated carbocycles. The third-order valence-electron chi connectivity index (χ3n) is 3.24. The Bertz CT molecular complexity index is 539. The molecule has 1 heterocycles. The molecule has 1 fully saturated rings. The summed E-state index contributed by atoms with van der Waals surface area (Å²) in [5, 5.41) is 2.24. The number of rotatable bonds is 3. The van der Waals surface area contributed by atoms with Crippen molar-refractivity contribution < 1.29 is 19.1 Å². The fourth-order valence-electron chi connectivity index (χ4n) is 2.19. The minimum atomic E-state index is -0.609. The fraction of sp³-hybridized carbons (Fsp3) is 0.357. The molecular weight excluding hydrogens is 260 g/mol. The van der Waals surface area contributed by atoms with Crippen molar-refractivity contribution in [1.82, 2.24) is 10.2 Å².